The summed E-state index contributed by atoms with van der Waals surface area (Å²) in [6.45, 7) is 0. The minimum absolute atomic E-state index is 0.185. The van der Waals surface area contributed by atoms with Crippen molar-refractivity contribution in [1.29, 1.82) is 0 Å². The fourth-order valence-corrected chi connectivity index (χ4v) is 2.48. The van der Waals surface area contributed by atoms with Gasteiger partial charge in [0.2, 0.25) is 0 Å². The lowest BCUT2D eigenvalue weighted by molar-refractivity contribution is 0.639. The van der Waals surface area contributed by atoms with Crippen LogP contribution in [0.1, 0.15) is 5.69 Å². The van der Waals surface area contributed by atoms with E-state index in [-0.39, 0.29) is 5.82 Å². The van der Waals surface area contributed by atoms with Crippen molar-refractivity contribution in [2.75, 3.05) is 0 Å². The SMILES string of the molecule is Fc1cccc2snc(CBr)c12. The van der Waals surface area contributed by atoms with Gasteiger partial charge in [-0.3, -0.25) is 0 Å². The molecule has 0 amide bonds. The molecule has 1 aromatic carbocycles. The highest BCUT2D eigenvalue weighted by Gasteiger charge is 2.08. The molecule has 1 aromatic heterocycles. The summed E-state index contributed by atoms with van der Waals surface area (Å²) in [5.41, 5.74) is 0.785. The van der Waals surface area contributed by atoms with Crippen LogP contribution >= 0.6 is 27.5 Å². The molecular weight excluding hydrogens is 241 g/mol. The van der Waals surface area contributed by atoms with E-state index in [4.69, 9.17) is 0 Å². The van der Waals surface area contributed by atoms with Crippen LogP contribution in [0.2, 0.25) is 0 Å². The maximum absolute atomic E-state index is 13.2. The molecule has 0 aliphatic heterocycles. The van der Waals surface area contributed by atoms with Crippen LogP contribution < -0.4 is 0 Å². The molecular formula is C8H5BrFNS. The van der Waals surface area contributed by atoms with Gasteiger partial charge in [-0.2, -0.15) is 4.37 Å². The van der Waals surface area contributed by atoms with E-state index < -0.39 is 0 Å². The Labute approximate surface area is 81.5 Å². The molecule has 0 saturated carbocycles. The zero-order valence-corrected chi connectivity index (χ0v) is 8.45. The van der Waals surface area contributed by atoms with Gasteiger partial charge in [0.05, 0.1) is 15.8 Å². The van der Waals surface area contributed by atoms with E-state index in [1.54, 1.807) is 6.07 Å². The summed E-state index contributed by atoms with van der Waals surface area (Å²) >= 11 is 4.60. The van der Waals surface area contributed by atoms with Gasteiger partial charge in [0.25, 0.3) is 0 Å². The van der Waals surface area contributed by atoms with Crippen LogP contribution in [0.5, 0.6) is 0 Å². The van der Waals surface area contributed by atoms with Crippen molar-refractivity contribution in [2.45, 2.75) is 5.33 Å². The zero-order valence-electron chi connectivity index (χ0n) is 6.05. The summed E-state index contributed by atoms with van der Waals surface area (Å²) in [6, 6.07) is 5.04. The molecule has 4 heteroatoms. The van der Waals surface area contributed by atoms with Gasteiger partial charge in [-0.25, -0.2) is 4.39 Å². The number of fused-ring (bicyclic) bond motifs is 1. The van der Waals surface area contributed by atoms with E-state index in [1.807, 2.05) is 6.07 Å². The van der Waals surface area contributed by atoms with E-state index >= 15 is 0 Å². The van der Waals surface area contributed by atoms with Crippen molar-refractivity contribution in [2.24, 2.45) is 0 Å². The molecule has 2 rings (SSSR count). The maximum Gasteiger partial charge on any atom is 0.133 e. The van der Waals surface area contributed by atoms with Crippen LogP contribution in [-0.4, -0.2) is 4.37 Å². The van der Waals surface area contributed by atoms with Crippen molar-refractivity contribution in [3.63, 3.8) is 0 Å². The zero-order chi connectivity index (χ0) is 8.55. The number of aromatic nitrogens is 1. The highest BCUT2D eigenvalue weighted by molar-refractivity contribution is 9.08. The Kier molecular flexibility index (Phi) is 2.11. The lowest BCUT2D eigenvalue weighted by Gasteiger charge is -1.92. The summed E-state index contributed by atoms with van der Waals surface area (Å²) in [5.74, 6) is -0.185. The minimum Gasteiger partial charge on any atom is -0.206 e. The van der Waals surface area contributed by atoms with Gasteiger partial charge in [-0.05, 0) is 23.7 Å². The predicted molar refractivity (Wildman–Crippen MR) is 52.2 cm³/mol. The largest absolute Gasteiger partial charge is 0.206 e. The molecule has 0 unspecified atom stereocenters. The quantitative estimate of drug-likeness (QED) is 0.703. The number of hydrogen-bond acceptors (Lipinski definition) is 2. The first-order valence-corrected chi connectivity index (χ1v) is 5.31. The van der Waals surface area contributed by atoms with Crippen LogP contribution in [-0.2, 0) is 5.33 Å². The standard InChI is InChI=1S/C8H5BrFNS/c9-4-6-8-5(10)2-1-3-7(8)12-11-6/h1-3H,4H2. The molecule has 0 fully saturated rings. The average molecular weight is 246 g/mol. The lowest BCUT2D eigenvalue weighted by Crippen LogP contribution is -1.80. The molecule has 0 aliphatic carbocycles. The van der Waals surface area contributed by atoms with Crippen LogP contribution in [0.3, 0.4) is 0 Å². The van der Waals surface area contributed by atoms with Crippen molar-refractivity contribution in [3.8, 4) is 0 Å². The first-order chi connectivity index (χ1) is 5.83. The van der Waals surface area contributed by atoms with E-state index in [1.165, 1.54) is 17.6 Å². The monoisotopic (exact) mass is 245 g/mol. The minimum atomic E-state index is -0.185. The van der Waals surface area contributed by atoms with Crippen molar-refractivity contribution < 1.29 is 4.39 Å². The van der Waals surface area contributed by atoms with Crippen molar-refractivity contribution in [1.82, 2.24) is 4.37 Å². The van der Waals surface area contributed by atoms with Gasteiger partial charge in [0.1, 0.15) is 5.82 Å². The Morgan fingerprint density at radius 3 is 3.08 bits per heavy atom. The summed E-state index contributed by atoms with van der Waals surface area (Å²) < 4.78 is 18.2. The molecule has 0 bridgehead atoms. The first-order valence-electron chi connectivity index (χ1n) is 3.41. The molecule has 0 saturated heterocycles. The first kappa shape index (κ1) is 8.13. The highest BCUT2D eigenvalue weighted by Crippen LogP contribution is 2.26. The summed E-state index contributed by atoms with van der Waals surface area (Å²) in [4.78, 5) is 0. The fraction of sp³-hybridized carbons (Fsp3) is 0.125. The normalized spacial score (nSPS) is 10.8. The van der Waals surface area contributed by atoms with Crippen LogP contribution in [0.15, 0.2) is 18.2 Å². The second-order valence-electron chi connectivity index (χ2n) is 2.38. The van der Waals surface area contributed by atoms with Crippen molar-refractivity contribution in [3.05, 3.63) is 29.7 Å². The highest BCUT2D eigenvalue weighted by atomic mass is 79.9. The Hall–Kier alpha value is -0.480. The molecule has 0 N–H and O–H groups in total. The van der Waals surface area contributed by atoms with Gasteiger partial charge in [-0.15, -0.1) is 0 Å². The Balaban J connectivity index is 2.83. The van der Waals surface area contributed by atoms with E-state index in [0.29, 0.717) is 10.7 Å². The molecule has 0 spiro atoms. The van der Waals surface area contributed by atoms with E-state index in [2.05, 4.69) is 20.3 Å². The predicted octanol–water partition coefficient (Wildman–Crippen LogP) is 3.33. The van der Waals surface area contributed by atoms with Gasteiger partial charge < -0.3 is 0 Å². The van der Waals surface area contributed by atoms with Crippen molar-refractivity contribution >= 4 is 37.5 Å². The summed E-state index contributed by atoms with van der Waals surface area (Å²) in [5, 5.41) is 1.26. The second kappa shape index (κ2) is 3.11. The summed E-state index contributed by atoms with van der Waals surface area (Å²) in [6.07, 6.45) is 0. The van der Waals surface area contributed by atoms with E-state index in [0.717, 1.165) is 10.4 Å². The van der Waals surface area contributed by atoms with Crippen LogP contribution in [0, 0.1) is 5.82 Å². The van der Waals surface area contributed by atoms with Gasteiger partial charge in [0, 0.05) is 5.33 Å². The van der Waals surface area contributed by atoms with Gasteiger partial charge >= 0.3 is 0 Å². The number of nitrogens with zero attached hydrogens (tertiary/aromatic N) is 1. The number of benzene rings is 1. The van der Waals surface area contributed by atoms with Crippen LogP contribution in [0.25, 0.3) is 10.1 Å². The van der Waals surface area contributed by atoms with Gasteiger partial charge in [-0.1, -0.05) is 22.0 Å². The van der Waals surface area contributed by atoms with Gasteiger partial charge in [0.15, 0.2) is 0 Å². The fourth-order valence-electron chi connectivity index (χ4n) is 1.10. The Bertz CT molecular complexity index is 412. The number of hydrogen-bond donors (Lipinski definition) is 0. The maximum atomic E-state index is 13.2. The molecule has 0 atom stereocenters. The average Bonchev–Trinajstić information content (AvgIpc) is 2.49. The third-order valence-corrected chi connectivity index (χ3v) is 3.02. The smallest absolute Gasteiger partial charge is 0.133 e. The molecule has 2 aromatic rings. The van der Waals surface area contributed by atoms with Crippen LogP contribution in [0.4, 0.5) is 4.39 Å². The molecule has 0 radical (unpaired) electrons. The molecule has 0 aliphatic rings. The number of alkyl halides is 1. The molecule has 62 valence electrons. The topological polar surface area (TPSA) is 12.9 Å². The molecule has 1 heterocycles. The molecule has 12 heavy (non-hydrogen) atoms. The Morgan fingerprint density at radius 2 is 2.33 bits per heavy atom. The number of halogens is 2. The Morgan fingerprint density at radius 1 is 1.50 bits per heavy atom. The second-order valence-corrected chi connectivity index (χ2v) is 3.74. The number of rotatable bonds is 1. The molecule has 1 nitrogen and oxygen atoms in total. The van der Waals surface area contributed by atoms with E-state index in [9.17, 15) is 4.39 Å². The third-order valence-electron chi connectivity index (χ3n) is 1.64. The lowest BCUT2D eigenvalue weighted by atomic mass is 10.2. The summed E-state index contributed by atoms with van der Waals surface area (Å²) in [7, 11) is 0. The third kappa shape index (κ3) is 1.15.